The Hall–Kier alpha value is -0.900. The molecule has 1 fully saturated rings. The fourth-order valence-electron chi connectivity index (χ4n) is 2.47. The molecule has 2 atom stereocenters. The Kier molecular flexibility index (Phi) is 2.82. The van der Waals surface area contributed by atoms with E-state index < -0.39 is 0 Å². The van der Waals surface area contributed by atoms with Gasteiger partial charge in [-0.25, -0.2) is 0 Å². The van der Waals surface area contributed by atoms with Gasteiger partial charge in [-0.2, -0.15) is 0 Å². The van der Waals surface area contributed by atoms with Crippen LogP contribution in [0.2, 0.25) is 0 Å². The van der Waals surface area contributed by atoms with Crippen LogP contribution in [-0.4, -0.2) is 28.6 Å². The Balaban J connectivity index is 2.09. The van der Waals surface area contributed by atoms with E-state index in [9.17, 15) is 0 Å². The molecule has 1 heterocycles. The molecule has 1 saturated carbocycles. The highest BCUT2D eigenvalue weighted by atomic mass is 15.4. The van der Waals surface area contributed by atoms with Crippen molar-refractivity contribution >= 4 is 0 Å². The van der Waals surface area contributed by atoms with Crippen molar-refractivity contribution in [1.29, 1.82) is 0 Å². The van der Waals surface area contributed by atoms with E-state index in [0.29, 0.717) is 5.92 Å². The van der Waals surface area contributed by atoms with Crippen molar-refractivity contribution in [2.45, 2.75) is 25.2 Å². The number of aryl methyl sites for hydroxylation is 1. The third-order valence-corrected chi connectivity index (χ3v) is 3.13. The third kappa shape index (κ3) is 1.80. The molecule has 78 valence electrons. The number of hydrogen-bond acceptors (Lipinski definition) is 3. The van der Waals surface area contributed by atoms with Crippen LogP contribution in [0.3, 0.4) is 0 Å². The van der Waals surface area contributed by atoms with Gasteiger partial charge in [0.1, 0.15) is 0 Å². The van der Waals surface area contributed by atoms with Gasteiger partial charge < -0.3 is 5.32 Å². The molecule has 0 radical (unpaired) electrons. The lowest BCUT2D eigenvalue weighted by atomic mass is 9.93. The first kappa shape index (κ1) is 9.65. The van der Waals surface area contributed by atoms with E-state index in [4.69, 9.17) is 0 Å². The van der Waals surface area contributed by atoms with E-state index in [1.54, 1.807) is 4.68 Å². The number of rotatable bonds is 3. The van der Waals surface area contributed by atoms with Gasteiger partial charge in [-0.3, -0.25) is 4.68 Å². The fourth-order valence-corrected chi connectivity index (χ4v) is 2.47. The first-order valence-corrected chi connectivity index (χ1v) is 5.32. The van der Waals surface area contributed by atoms with Crippen LogP contribution in [0.4, 0.5) is 0 Å². The summed E-state index contributed by atoms with van der Waals surface area (Å²) in [4.78, 5) is 0. The Morgan fingerprint density at radius 3 is 3.07 bits per heavy atom. The zero-order valence-corrected chi connectivity index (χ0v) is 8.90. The van der Waals surface area contributed by atoms with E-state index in [1.807, 2.05) is 14.1 Å². The largest absolute Gasteiger partial charge is 0.319 e. The molecular weight excluding hydrogens is 176 g/mol. The summed E-state index contributed by atoms with van der Waals surface area (Å²) in [6.07, 6.45) is 5.97. The lowest BCUT2D eigenvalue weighted by Crippen LogP contribution is -2.21. The van der Waals surface area contributed by atoms with Crippen LogP contribution in [0, 0.1) is 5.92 Å². The summed E-state index contributed by atoms with van der Waals surface area (Å²) in [6, 6.07) is 0. The van der Waals surface area contributed by atoms with Gasteiger partial charge in [-0.1, -0.05) is 11.6 Å². The first-order valence-electron chi connectivity index (χ1n) is 5.32. The molecule has 14 heavy (non-hydrogen) atoms. The van der Waals surface area contributed by atoms with Crippen LogP contribution >= 0.6 is 0 Å². The van der Waals surface area contributed by atoms with Crippen LogP contribution in [0.5, 0.6) is 0 Å². The van der Waals surface area contributed by atoms with Crippen LogP contribution in [0.25, 0.3) is 0 Å². The zero-order valence-electron chi connectivity index (χ0n) is 8.90. The standard InChI is InChI=1S/C10H18N4/c1-11-6-8-4-3-5-9(8)10-7-14(2)13-12-10/h7-9,11H,3-6H2,1-2H3. The van der Waals surface area contributed by atoms with Crippen molar-refractivity contribution in [2.24, 2.45) is 13.0 Å². The minimum Gasteiger partial charge on any atom is -0.319 e. The molecule has 0 spiro atoms. The molecule has 1 N–H and O–H groups in total. The molecule has 0 aromatic carbocycles. The maximum atomic E-state index is 4.22. The summed E-state index contributed by atoms with van der Waals surface area (Å²) in [5, 5.41) is 11.5. The predicted molar refractivity (Wildman–Crippen MR) is 55.0 cm³/mol. The Morgan fingerprint density at radius 2 is 2.43 bits per heavy atom. The molecule has 0 saturated heterocycles. The van der Waals surface area contributed by atoms with Gasteiger partial charge in [-0.05, 0) is 32.4 Å². The van der Waals surface area contributed by atoms with E-state index in [2.05, 4.69) is 21.8 Å². The molecule has 2 rings (SSSR count). The molecule has 1 aromatic heterocycles. The monoisotopic (exact) mass is 194 g/mol. The fraction of sp³-hybridized carbons (Fsp3) is 0.800. The van der Waals surface area contributed by atoms with Crippen LogP contribution < -0.4 is 5.32 Å². The van der Waals surface area contributed by atoms with Crippen molar-refractivity contribution in [2.75, 3.05) is 13.6 Å². The highest BCUT2D eigenvalue weighted by Crippen LogP contribution is 2.37. The molecule has 2 unspecified atom stereocenters. The lowest BCUT2D eigenvalue weighted by molar-refractivity contribution is 0.455. The lowest BCUT2D eigenvalue weighted by Gasteiger charge is -2.16. The number of nitrogens with zero attached hydrogens (tertiary/aromatic N) is 3. The second-order valence-corrected chi connectivity index (χ2v) is 4.17. The maximum absolute atomic E-state index is 4.22. The maximum Gasteiger partial charge on any atom is 0.0861 e. The van der Waals surface area contributed by atoms with E-state index in [0.717, 1.165) is 12.5 Å². The van der Waals surface area contributed by atoms with Crippen molar-refractivity contribution in [3.63, 3.8) is 0 Å². The molecule has 4 nitrogen and oxygen atoms in total. The second kappa shape index (κ2) is 4.09. The smallest absolute Gasteiger partial charge is 0.0861 e. The molecule has 0 aliphatic heterocycles. The average molecular weight is 194 g/mol. The molecule has 1 aliphatic rings. The average Bonchev–Trinajstić information content (AvgIpc) is 2.74. The number of hydrogen-bond donors (Lipinski definition) is 1. The normalized spacial score (nSPS) is 27.0. The minimum absolute atomic E-state index is 0.621. The first-order chi connectivity index (χ1) is 6.81. The van der Waals surface area contributed by atoms with Gasteiger partial charge in [0, 0.05) is 19.2 Å². The van der Waals surface area contributed by atoms with Crippen molar-refractivity contribution in [1.82, 2.24) is 20.3 Å². The van der Waals surface area contributed by atoms with Gasteiger partial charge in [0.25, 0.3) is 0 Å². The van der Waals surface area contributed by atoms with Crippen molar-refractivity contribution < 1.29 is 0 Å². The van der Waals surface area contributed by atoms with Crippen molar-refractivity contribution in [3.05, 3.63) is 11.9 Å². The topological polar surface area (TPSA) is 42.7 Å². The third-order valence-electron chi connectivity index (χ3n) is 3.13. The summed E-state index contributed by atoms with van der Waals surface area (Å²) in [6.45, 7) is 1.10. The SMILES string of the molecule is CNCC1CCCC1c1cn(C)nn1. The van der Waals surface area contributed by atoms with E-state index >= 15 is 0 Å². The summed E-state index contributed by atoms with van der Waals surface area (Å²) in [5.74, 6) is 1.37. The highest BCUT2D eigenvalue weighted by Gasteiger charge is 2.29. The Morgan fingerprint density at radius 1 is 1.57 bits per heavy atom. The molecule has 4 heteroatoms. The van der Waals surface area contributed by atoms with Crippen molar-refractivity contribution in [3.8, 4) is 0 Å². The molecule has 1 aliphatic carbocycles. The molecule has 1 aromatic rings. The van der Waals surface area contributed by atoms with E-state index in [-0.39, 0.29) is 0 Å². The number of aromatic nitrogens is 3. The zero-order chi connectivity index (χ0) is 9.97. The quantitative estimate of drug-likeness (QED) is 0.778. The Bertz CT molecular complexity index is 294. The molecule has 0 bridgehead atoms. The van der Waals surface area contributed by atoms with Crippen LogP contribution in [-0.2, 0) is 7.05 Å². The van der Waals surface area contributed by atoms with Gasteiger partial charge in [0.15, 0.2) is 0 Å². The van der Waals surface area contributed by atoms with Crippen LogP contribution in [0.1, 0.15) is 30.9 Å². The van der Waals surface area contributed by atoms with E-state index in [1.165, 1.54) is 25.0 Å². The van der Waals surface area contributed by atoms with Crippen LogP contribution in [0.15, 0.2) is 6.20 Å². The summed E-state index contributed by atoms with van der Waals surface area (Å²) < 4.78 is 1.80. The second-order valence-electron chi connectivity index (χ2n) is 4.17. The Labute approximate surface area is 84.7 Å². The molecular formula is C10H18N4. The summed E-state index contributed by atoms with van der Waals surface area (Å²) in [5.41, 5.74) is 1.17. The summed E-state index contributed by atoms with van der Waals surface area (Å²) >= 11 is 0. The van der Waals surface area contributed by atoms with Gasteiger partial charge in [0.2, 0.25) is 0 Å². The molecule has 0 amide bonds. The van der Waals surface area contributed by atoms with Gasteiger partial charge >= 0.3 is 0 Å². The summed E-state index contributed by atoms with van der Waals surface area (Å²) in [7, 11) is 3.95. The van der Waals surface area contributed by atoms with Gasteiger partial charge in [0.05, 0.1) is 5.69 Å². The highest BCUT2D eigenvalue weighted by molar-refractivity contribution is 5.06. The minimum atomic E-state index is 0.621. The number of nitrogens with one attached hydrogen (secondary N) is 1. The predicted octanol–water partition coefficient (Wildman–Crippen LogP) is 0.918. The van der Waals surface area contributed by atoms with Gasteiger partial charge in [-0.15, -0.1) is 5.10 Å².